The third kappa shape index (κ3) is 4.90. The number of hydrogen-bond acceptors (Lipinski definition) is 2. The van der Waals surface area contributed by atoms with E-state index in [1.54, 1.807) is 11.9 Å². The second kappa shape index (κ2) is 7.14. The maximum absolute atomic E-state index is 12.3. The normalized spacial score (nSPS) is 21.4. The first-order valence-corrected chi connectivity index (χ1v) is 7.94. The quantitative estimate of drug-likeness (QED) is 0.819. The van der Waals surface area contributed by atoms with Crippen molar-refractivity contribution in [2.75, 3.05) is 7.05 Å². The lowest BCUT2D eigenvalue weighted by atomic mass is 9.75. The molecule has 1 rings (SSSR count). The number of nitrogens with zero attached hydrogens (tertiary/aromatic N) is 1. The summed E-state index contributed by atoms with van der Waals surface area (Å²) in [5.74, 6) is -1.04. The lowest BCUT2D eigenvalue weighted by Gasteiger charge is -2.39. The Bertz CT molecular complexity index is 372. The number of hydrogen-bond donors (Lipinski definition) is 2. The molecule has 5 nitrogen and oxygen atoms in total. The predicted molar refractivity (Wildman–Crippen MR) is 83.2 cm³/mol. The van der Waals surface area contributed by atoms with Crippen molar-refractivity contribution in [1.82, 2.24) is 10.2 Å². The van der Waals surface area contributed by atoms with E-state index in [1.807, 2.05) is 13.8 Å². The van der Waals surface area contributed by atoms with Crippen molar-refractivity contribution in [2.24, 2.45) is 11.3 Å². The van der Waals surface area contributed by atoms with E-state index < -0.39 is 12.0 Å². The van der Waals surface area contributed by atoms with Crippen LogP contribution in [0.1, 0.15) is 59.8 Å². The highest BCUT2D eigenvalue weighted by Gasteiger charge is 2.32. The van der Waals surface area contributed by atoms with E-state index in [0.29, 0.717) is 5.41 Å². The van der Waals surface area contributed by atoms with Gasteiger partial charge in [0.05, 0.1) is 0 Å². The molecule has 0 saturated heterocycles. The van der Waals surface area contributed by atoms with Gasteiger partial charge in [0.25, 0.3) is 0 Å². The molecule has 2 unspecified atom stereocenters. The predicted octanol–water partition coefficient (Wildman–Crippen LogP) is 3.10. The lowest BCUT2D eigenvalue weighted by molar-refractivity contribution is -0.140. The maximum atomic E-state index is 12.3. The Kier molecular flexibility index (Phi) is 6.05. The van der Waals surface area contributed by atoms with Gasteiger partial charge in [-0.2, -0.15) is 0 Å². The summed E-state index contributed by atoms with van der Waals surface area (Å²) in [5, 5.41) is 11.9. The minimum atomic E-state index is -0.962. The van der Waals surface area contributed by atoms with E-state index >= 15 is 0 Å². The van der Waals surface area contributed by atoms with Crippen molar-refractivity contribution in [3.8, 4) is 0 Å². The molecule has 5 heteroatoms. The molecule has 122 valence electrons. The smallest absolute Gasteiger partial charge is 0.326 e. The van der Waals surface area contributed by atoms with Crippen LogP contribution in [0.15, 0.2) is 0 Å². The molecule has 0 heterocycles. The SMILES string of the molecule is CCC(C)C(NC(=O)N(C)C1CCC(C)(C)CC1)C(=O)O. The first-order chi connectivity index (χ1) is 9.68. The van der Waals surface area contributed by atoms with Crippen LogP contribution in [0.3, 0.4) is 0 Å². The highest BCUT2D eigenvalue weighted by molar-refractivity contribution is 5.82. The van der Waals surface area contributed by atoms with Crippen LogP contribution in [0.25, 0.3) is 0 Å². The first kappa shape index (κ1) is 17.8. The van der Waals surface area contributed by atoms with Crippen LogP contribution >= 0.6 is 0 Å². The maximum Gasteiger partial charge on any atom is 0.326 e. The second-order valence-corrected chi connectivity index (χ2v) is 7.16. The Morgan fingerprint density at radius 1 is 1.33 bits per heavy atom. The topological polar surface area (TPSA) is 69.6 Å². The van der Waals surface area contributed by atoms with E-state index in [-0.39, 0.29) is 18.0 Å². The van der Waals surface area contributed by atoms with Crippen LogP contribution in [-0.2, 0) is 4.79 Å². The summed E-state index contributed by atoms with van der Waals surface area (Å²) in [5.41, 5.74) is 0.355. The minimum Gasteiger partial charge on any atom is -0.480 e. The molecule has 0 radical (unpaired) electrons. The largest absolute Gasteiger partial charge is 0.480 e. The summed E-state index contributed by atoms with van der Waals surface area (Å²) in [6, 6.07) is -0.873. The van der Waals surface area contributed by atoms with Crippen molar-refractivity contribution >= 4 is 12.0 Å². The van der Waals surface area contributed by atoms with Crippen LogP contribution in [0, 0.1) is 11.3 Å². The fourth-order valence-electron chi connectivity index (χ4n) is 2.86. The van der Waals surface area contributed by atoms with E-state index in [4.69, 9.17) is 0 Å². The van der Waals surface area contributed by atoms with Gasteiger partial charge in [-0.15, -0.1) is 0 Å². The highest BCUT2D eigenvalue weighted by Crippen LogP contribution is 2.36. The standard InChI is InChI=1S/C16H30N2O3/c1-6-11(2)13(14(19)20)17-15(21)18(5)12-7-9-16(3,4)10-8-12/h11-13H,6-10H2,1-5H3,(H,17,21)(H,19,20). The highest BCUT2D eigenvalue weighted by atomic mass is 16.4. The van der Waals surface area contributed by atoms with Gasteiger partial charge in [-0.3, -0.25) is 0 Å². The summed E-state index contributed by atoms with van der Waals surface area (Å²) in [6.07, 6.45) is 4.89. The Hall–Kier alpha value is -1.26. The van der Waals surface area contributed by atoms with Gasteiger partial charge in [-0.25, -0.2) is 9.59 Å². The summed E-state index contributed by atoms with van der Waals surface area (Å²) in [7, 11) is 1.77. The zero-order valence-electron chi connectivity index (χ0n) is 14.0. The lowest BCUT2D eigenvalue weighted by Crippen LogP contribution is -2.52. The molecular formula is C16H30N2O3. The van der Waals surface area contributed by atoms with Crippen molar-refractivity contribution in [2.45, 2.75) is 71.9 Å². The molecular weight excluding hydrogens is 268 g/mol. The van der Waals surface area contributed by atoms with Gasteiger partial charge in [0.15, 0.2) is 0 Å². The molecule has 2 N–H and O–H groups in total. The Morgan fingerprint density at radius 3 is 2.29 bits per heavy atom. The molecule has 2 atom stereocenters. The third-order valence-electron chi connectivity index (χ3n) is 4.93. The average molecular weight is 298 g/mol. The van der Waals surface area contributed by atoms with Gasteiger partial charge in [-0.1, -0.05) is 34.1 Å². The van der Waals surface area contributed by atoms with Gasteiger partial charge in [0, 0.05) is 13.1 Å². The number of carbonyl (C=O) groups is 2. The van der Waals surface area contributed by atoms with Gasteiger partial charge in [0.2, 0.25) is 0 Å². The molecule has 1 aliphatic rings. The Balaban J connectivity index is 2.60. The molecule has 0 aliphatic heterocycles. The van der Waals surface area contributed by atoms with Crippen LogP contribution in [0.5, 0.6) is 0 Å². The summed E-state index contributed by atoms with van der Waals surface area (Å²) < 4.78 is 0. The summed E-state index contributed by atoms with van der Waals surface area (Å²) in [6.45, 7) is 8.29. The van der Waals surface area contributed by atoms with Crippen LogP contribution < -0.4 is 5.32 Å². The van der Waals surface area contributed by atoms with Crippen molar-refractivity contribution in [1.29, 1.82) is 0 Å². The van der Waals surface area contributed by atoms with Gasteiger partial charge in [0.1, 0.15) is 6.04 Å². The number of carboxylic acids is 1. The van der Waals surface area contributed by atoms with E-state index in [1.165, 1.54) is 0 Å². The molecule has 1 saturated carbocycles. The molecule has 21 heavy (non-hydrogen) atoms. The number of urea groups is 1. The molecule has 0 aromatic carbocycles. The number of carbonyl (C=O) groups excluding carboxylic acids is 1. The third-order valence-corrected chi connectivity index (χ3v) is 4.93. The van der Waals surface area contributed by atoms with Crippen molar-refractivity contribution in [3.05, 3.63) is 0 Å². The van der Waals surface area contributed by atoms with Crippen molar-refractivity contribution < 1.29 is 14.7 Å². The first-order valence-electron chi connectivity index (χ1n) is 7.94. The van der Waals surface area contributed by atoms with Crippen LogP contribution in [-0.4, -0.2) is 41.1 Å². The van der Waals surface area contributed by atoms with E-state index in [2.05, 4.69) is 19.2 Å². The summed E-state index contributed by atoms with van der Waals surface area (Å²) >= 11 is 0. The van der Waals surface area contributed by atoms with Crippen molar-refractivity contribution in [3.63, 3.8) is 0 Å². The number of rotatable bonds is 5. The average Bonchev–Trinajstić information content (AvgIpc) is 2.42. The Labute approximate surface area is 128 Å². The van der Waals surface area contributed by atoms with Crippen LogP contribution in [0.2, 0.25) is 0 Å². The molecule has 0 spiro atoms. The van der Waals surface area contributed by atoms with E-state index in [0.717, 1.165) is 32.1 Å². The fourth-order valence-corrected chi connectivity index (χ4v) is 2.86. The van der Waals surface area contributed by atoms with Crippen LogP contribution in [0.4, 0.5) is 4.79 Å². The molecule has 0 aromatic rings. The number of carboxylic acid groups (broad SMARTS) is 1. The number of amides is 2. The number of nitrogens with one attached hydrogen (secondary N) is 1. The molecule has 1 aliphatic carbocycles. The zero-order valence-corrected chi connectivity index (χ0v) is 14.0. The van der Waals surface area contributed by atoms with Gasteiger partial charge in [-0.05, 0) is 37.0 Å². The van der Waals surface area contributed by atoms with E-state index in [9.17, 15) is 14.7 Å². The second-order valence-electron chi connectivity index (χ2n) is 7.16. The summed E-state index contributed by atoms with van der Waals surface area (Å²) in [4.78, 5) is 25.3. The fraction of sp³-hybridized carbons (Fsp3) is 0.875. The van der Waals surface area contributed by atoms with Gasteiger partial charge < -0.3 is 15.3 Å². The van der Waals surface area contributed by atoms with Gasteiger partial charge >= 0.3 is 12.0 Å². The Morgan fingerprint density at radius 2 is 1.86 bits per heavy atom. The minimum absolute atomic E-state index is 0.0786. The monoisotopic (exact) mass is 298 g/mol. The zero-order chi connectivity index (χ0) is 16.2. The molecule has 2 amide bonds. The molecule has 0 aromatic heterocycles. The number of aliphatic carboxylic acids is 1. The molecule has 0 bridgehead atoms. The molecule has 1 fully saturated rings.